The lowest BCUT2D eigenvalue weighted by Crippen LogP contribution is -2.39. The minimum absolute atomic E-state index is 0. The number of hydrogen-bond donors (Lipinski definition) is 2. The normalized spacial score (nSPS) is 12.9. The molecule has 0 amide bonds. The number of aliphatic imine (C=N–C) groups is 1. The maximum Gasteiger partial charge on any atom is 0.190 e. The molecule has 0 fully saturated rings. The molecule has 0 unspecified atom stereocenters. The van der Waals surface area contributed by atoms with Crippen molar-refractivity contribution in [1.29, 1.82) is 0 Å². The Kier molecular flexibility index (Phi) is 9.40. The molecule has 1 aliphatic heterocycles. The van der Waals surface area contributed by atoms with Crippen LogP contribution in [0.4, 0.5) is 0 Å². The number of rotatable bonds is 6. The molecule has 0 spiro atoms. The number of fused-ring (bicyclic) bond motifs is 1. The van der Waals surface area contributed by atoms with Crippen molar-refractivity contribution in [1.82, 2.24) is 15.6 Å². The van der Waals surface area contributed by atoms with Crippen LogP contribution in [0.1, 0.15) is 11.1 Å². The van der Waals surface area contributed by atoms with Gasteiger partial charge < -0.3 is 20.1 Å². The average molecular weight is 537 g/mol. The van der Waals surface area contributed by atoms with Gasteiger partial charge in [-0.3, -0.25) is 4.99 Å². The van der Waals surface area contributed by atoms with E-state index in [0.29, 0.717) is 34.9 Å². The lowest BCUT2D eigenvalue weighted by Gasteiger charge is -2.20. The fourth-order valence-corrected chi connectivity index (χ4v) is 3.13. The molecule has 6 nitrogen and oxygen atoms in total. The van der Waals surface area contributed by atoms with Crippen LogP contribution >= 0.6 is 47.2 Å². The van der Waals surface area contributed by atoms with Crippen LogP contribution < -0.4 is 20.1 Å². The van der Waals surface area contributed by atoms with Crippen molar-refractivity contribution in [2.24, 2.45) is 4.99 Å². The summed E-state index contributed by atoms with van der Waals surface area (Å²) < 4.78 is 11.2. The molecule has 1 aliphatic rings. The first kappa shape index (κ1) is 22.8. The molecule has 152 valence electrons. The van der Waals surface area contributed by atoms with E-state index in [9.17, 15) is 0 Å². The predicted octanol–water partition coefficient (Wildman–Crippen LogP) is 3.73. The van der Waals surface area contributed by atoms with Crippen LogP contribution in [0.25, 0.3) is 0 Å². The first-order chi connectivity index (χ1) is 13.2. The van der Waals surface area contributed by atoms with Gasteiger partial charge in [-0.25, -0.2) is 4.98 Å². The highest BCUT2D eigenvalue weighted by atomic mass is 127. The van der Waals surface area contributed by atoms with Gasteiger partial charge in [0, 0.05) is 26.3 Å². The number of benzene rings is 1. The lowest BCUT2D eigenvalue weighted by atomic mass is 10.1. The molecule has 0 saturated carbocycles. The third-order valence-corrected chi connectivity index (χ3v) is 4.59. The summed E-state index contributed by atoms with van der Waals surface area (Å²) in [5.41, 5.74) is 2.20. The van der Waals surface area contributed by atoms with E-state index < -0.39 is 0 Å². The highest BCUT2D eigenvalue weighted by molar-refractivity contribution is 14.0. The number of halogens is 3. The smallest absolute Gasteiger partial charge is 0.190 e. The van der Waals surface area contributed by atoms with Gasteiger partial charge in [-0.15, -0.1) is 24.0 Å². The molecule has 9 heteroatoms. The first-order valence-electron chi connectivity index (χ1n) is 8.78. The van der Waals surface area contributed by atoms with Crippen molar-refractivity contribution < 1.29 is 9.47 Å². The van der Waals surface area contributed by atoms with Crippen LogP contribution in [0.3, 0.4) is 0 Å². The van der Waals surface area contributed by atoms with Crippen molar-refractivity contribution in [3.63, 3.8) is 0 Å². The number of ether oxygens (including phenoxy) is 2. The van der Waals surface area contributed by atoms with Gasteiger partial charge in [-0.05, 0) is 42.2 Å². The molecule has 2 heterocycles. The van der Waals surface area contributed by atoms with E-state index in [0.717, 1.165) is 43.0 Å². The van der Waals surface area contributed by atoms with Crippen molar-refractivity contribution in [3.8, 4) is 11.5 Å². The van der Waals surface area contributed by atoms with Gasteiger partial charge >= 0.3 is 0 Å². The van der Waals surface area contributed by atoms with Gasteiger partial charge in [0.05, 0.1) is 5.02 Å². The Morgan fingerprint density at radius 1 is 1.07 bits per heavy atom. The molecule has 2 aromatic rings. The second kappa shape index (κ2) is 11.5. The largest absolute Gasteiger partial charge is 0.486 e. The molecule has 0 saturated heterocycles. The Balaban J connectivity index is 0.00000280. The van der Waals surface area contributed by atoms with Crippen LogP contribution in [0.5, 0.6) is 11.5 Å². The fourth-order valence-electron chi connectivity index (χ4n) is 2.73. The second-order valence-corrected chi connectivity index (χ2v) is 6.81. The van der Waals surface area contributed by atoms with Gasteiger partial charge in [0.1, 0.15) is 18.4 Å². The van der Waals surface area contributed by atoms with Crippen LogP contribution in [0, 0.1) is 0 Å². The summed E-state index contributed by atoms with van der Waals surface area (Å²) in [6.45, 7) is 2.55. The Hall–Kier alpha value is -1.45. The maximum absolute atomic E-state index is 6.28. The van der Waals surface area contributed by atoms with E-state index in [-0.39, 0.29) is 24.0 Å². The SMILES string of the molecule is CN=C(NCCc1ccc(Cl)nc1)NCCc1cc(Cl)c2c(c1)OCCO2.I. The highest BCUT2D eigenvalue weighted by Crippen LogP contribution is 2.38. The molecule has 0 radical (unpaired) electrons. The first-order valence-corrected chi connectivity index (χ1v) is 9.54. The summed E-state index contributed by atoms with van der Waals surface area (Å²) in [5.74, 6) is 2.09. The van der Waals surface area contributed by atoms with Crippen molar-refractivity contribution >= 4 is 53.1 Å². The van der Waals surface area contributed by atoms with Crippen molar-refractivity contribution in [2.45, 2.75) is 12.8 Å². The quantitative estimate of drug-likeness (QED) is 0.255. The van der Waals surface area contributed by atoms with Gasteiger partial charge in [-0.1, -0.05) is 29.3 Å². The van der Waals surface area contributed by atoms with Crippen LogP contribution in [0.2, 0.25) is 10.2 Å². The van der Waals surface area contributed by atoms with Crippen molar-refractivity contribution in [3.05, 3.63) is 51.8 Å². The highest BCUT2D eigenvalue weighted by Gasteiger charge is 2.16. The van der Waals surface area contributed by atoms with Gasteiger partial charge in [-0.2, -0.15) is 0 Å². The number of nitrogens with zero attached hydrogens (tertiary/aromatic N) is 2. The van der Waals surface area contributed by atoms with E-state index in [2.05, 4.69) is 20.6 Å². The van der Waals surface area contributed by atoms with Gasteiger partial charge in [0.25, 0.3) is 0 Å². The minimum atomic E-state index is 0. The average Bonchev–Trinajstić information content (AvgIpc) is 2.68. The fraction of sp³-hybridized carbons (Fsp3) is 0.368. The zero-order valence-electron chi connectivity index (χ0n) is 15.5. The zero-order valence-corrected chi connectivity index (χ0v) is 19.3. The molecule has 3 rings (SSSR count). The van der Waals surface area contributed by atoms with Crippen LogP contribution in [0.15, 0.2) is 35.5 Å². The number of hydrogen-bond acceptors (Lipinski definition) is 4. The third kappa shape index (κ3) is 6.56. The Morgan fingerprint density at radius 2 is 1.79 bits per heavy atom. The van der Waals surface area contributed by atoms with E-state index in [1.54, 1.807) is 19.3 Å². The van der Waals surface area contributed by atoms with Crippen LogP contribution in [-0.4, -0.2) is 44.3 Å². The molecule has 0 atom stereocenters. The summed E-state index contributed by atoms with van der Waals surface area (Å²) in [4.78, 5) is 8.32. The maximum atomic E-state index is 6.28. The Labute approximate surface area is 192 Å². The number of nitrogens with one attached hydrogen (secondary N) is 2. The molecule has 0 aliphatic carbocycles. The summed E-state index contributed by atoms with van der Waals surface area (Å²) >= 11 is 12.1. The zero-order chi connectivity index (χ0) is 19.1. The van der Waals surface area contributed by atoms with E-state index in [1.165, 1.54) is 0 Å². The van der Waals surface area contributed by atoms with Crippen LogP contribution in [-0.2, 0) is 12.8 Å². The minimum Gasteiger partial charge on any atom is -0.486 e. The third-order valence-electron chi connectivity index (χ3n) is 4.08. The van der Waals surface area contributed by atoms with Crippen molar-refractivity contribution in [2.75, 3.05) is 33.4 Å². The lowest BCUT2D eigenvalue weighted by molar-refractivity contribution is 0.171. The molecule has 2 N–H and O–H groups in total. The summed E-state index contributed by atoms with van der Waals surface area (Å²) in [6, 6.07) is 7.66. The summed E-state index contributed by atoms with van der Waals surface area (Å²) in [5, 5.41) is 7.67. The monoisotopic (exact) mass is 536 g/mol. The van der Waals surface area contributed by atoms with E-state index >= 15 is 0 Å². The summed E-state index contributed by atoms with van der Waals surface area (Å²) in [6.07, 6.45) is 3.41. The molecule has 0 bridgehead atoms. The number of pyridine rings is 1. The molecule has 28 heavy (non-hydrogen) atoms. The van der Waals surface area contributed by atoms with E-state index in [4.69, 9.17) is 32.7 Å². The van der Waals surface area contributed by atoms with E-state index in [1.807, 2.05) is 18.2 Å². The van der Waals surface area contributed by atoms with Gasteiger partial charge in [0.15, 0.2) is 17.5 Å². The molecular weight excluding hydrogens is 514 g/mol. The predicted molar refractivity (Wildman–Crippen MR) is 124 cm³/mol. The molecule has 1 aromatic heterocycles. The molecular formula is C19H23Cl2IN4O2. The standard InChI is InChI=1S/C19H22Cl2N4O2.HI/c1-22-19(23-6-4-13-2-3-17(21)25-12-13)24-7-5-14-10-15(20)18-16(11-14)26-8-9-27-18;/h2-3,10-12H,4-9H2,1H3,(H2,22,23,24);1H. The molecule has 1 aromatic carbocycles. The Bertz CT molecular complexity index is 803. The summed E-state index contributed by atoms with van der Waals surface area (Å²) in [7, 11) is 1.75. The Morgan fingerprint density at radius 3 is 2.46 bits per heavy atom. The topological polar surface area (TPSA) is 67.8 Å². The van der Waals surface area contributed by atoms with Gasteiger partial charge in [0.2, 0.25) is 0 Å². The number of guanidine groups is 1. The number of aromatic nitrogens is 1. The second-order valence-electron chi connectivity index (χ2n) is 6.02.